The van der Waals surface area contributed by atoms with Crippen molar-refractivity contribution in [2.24, 2.45) is 11.7 Å². The first kappa shape index (κ1) is 9.77. The van der Waals surface area contributed by atoms with Crippen molar-refractivity contribution in [1.82, 2.24) is 10.2 Å². The number of urea groups is 1. The summed E-state index contributed by atoms with van der Waals surface area (Å²) < 4.78 is 0. The number of rotatable bonds is 2. The van der Waals surface area contributed by atoms with Crippen molar-refractivity contribution < 1.29 is 4.79 Å². The Hall–Kier alpha value is -0.770. The second-order valence-electron chi connectivity index (χ2n) is 4.32. The smallest absolute Gasteiger partial charge is 0.317 e. The van der Waals surface area contributed by atoms with E-state index in [-0.39, 0.29) is 11.6 Å². The minimum Gasteiger partial charge on any atom is -0.338 e. The van der Waals surface area contributed by atoms with E-state index in [2.05, 4.69) is 5.32 Å². The fourth-order valence-electron chi connectivity index (χ4n) is 2.89. The van der Waals surface area contributed by atoms with Gasteiger partial charge in [-0.15, -0.1) is 0 Å². The first-order valence-electron chi connectivity index (χ1n) is 5.50. The summed E-state index contributed by atoms with van der Waals surface area (Å²) in [4.78, 5) is 13.7. The van der Waals surface area contributed by atoms with Gasteiger partial charge < -0.3 is 16.0 Å². The number of nitrogens with two attached hydrogens (primary N) is 1. The maximum Gasteiger partial charge on any atom is 0.317 e. The van der Waals surface area contributed by atoms with Crippen LogP contribution in [0.25, 0.3) is 0 Å². The molecule has 2 atom stereocenters. The van der Waals surface area contributed by atoms with E-state index in [9.17, 15) is 4.79 Å². The standard InChI is InChI=1S/C10H19N3O/c1-2-12-9(14)13-6-4-8-3-5-10(8,13)7-11/h8H,2-7,11H2,1H3,(H,12,14). The van der Waals surface area contributed by atoms with Gasteiger partial charge in [0.05, 0.1) is 5.54 Å². The van der Waals surface area contributed by atoms with Gasteiger partial charge in [0, 0.05) is 19.6 Å². The molecule has 0 aromatic rings. The third-order valence-corrected chi connectivity index (χ3v) is 3.85. The van der Waals surface area contributed by atoms with E-state index in [1.165, 1.54) is 6.42 Å². The molecular formula is C10H19N3O. The molecule has 4 heteroatoms. The molecule has 1 aliphatic heterocycles. The number of likely N-dealkylation sites (tertiary alicyclic amines) is 1. The molecule has 1 aliphatic carbocycles. The van der Waals surface area contributed by atoms with Crippen LogP contribution in [-0.2, 0) is 0 Å². The molecule has 3 N–H and O–H groups in total. The minimum atomic E-state index is 0.0131. The number of nitrogens with one attached hydrogen (secondary N) is 1. The van der Waals surface area contributed by atoms with Gasteiger partial charge in [-0.25, -0.2) is 4.79 Å². The summed E-state index contributed by atoms with van der Waals surface area (Å²) in [6.45, 7) is 4.14. The highest BCUT2D eigenvalue weighted by Gasteiger charge is 2.55. The predicted octanol–water partition coefficient (Wildman–Crippen LogP) is 0.529. The molecule has 0 spiro atoms. The van der Waals surface area contributed by atoms with Crippen LogP contribution < -0.4 is 11.1 Å². The SMILES string of the molecule is CCNC(=O)N1CCC2CCC21CN. The number of hydrogen-bond acceptors (Lipinski definition) is 2. The Bertz CT molecular complexity index is 240. The van der Waals surface area contributed by atoms with Crippen LogP contribution in [0.3, 0.4) is 0 Å². The van der Waals surface area contributed by atoms with E-state index in [1.807, 2.05) is 11.8 Å². The molecule has 2 unspecified atom stereocenters. The Kier molecular flexibility index (Phi) is 2.39. The molecule has 1 saturated heterocycles. The van der Waals surface area contributed by atoms with Crippen LogP contribution in [0.4, 0.5) is 4.79 Å². The van der Waals surface area contributed by atoms with Crippen LogP contribution >= 0.6 is 0 Å². The van der Waals surface area contributed by atoms with Crippen molar-refractivity contribution >= 4 is 6.03 Å². The lowest BCUT2D eigenvalue weighted by molar-refractivity contribution is 0.0510. The molecule has 2 amide bonds. The van der Waals surface area contributed by atoms with Gasteiger partial charge in [-0.1, -0.05) is 0 Å². The van der Waals surface area contributed by atoms with E-state index >= 15 is 0 Å². The Balaban J connectivity index is 2.08. The highest BCUT2D eigenvalue weighted by atomic mass is 16.2. The quantitative estimate of drug-likeness (QED) is 0.678. The monoisotopic (exact) mass is 197 g/mol. The molecule has 4 nitrogen and oxygen atoms in total. The van der Waals surface area contributed by atoms with Crippen LogP contribution in [0, 0.1) is 5.92 Å². The molecule has 0 aromatic carbocycles. The number of carbonyl (C=O) groups excluding carboxylic acids is 1. The molecule has 80 valence electrons. The third kappa shape index (κ3) is 1.13. The average molecular weight is 197 g/mol. The summed E-state index contributed by atoms with van der Waals surface area (Å²) in [6, 6.07) is 0.0696. The van der Waals surface area contributed by atoms with Gasteiger partial charge >= 0.3 is 6.03 Å². The zero-order valence-electron chi connectivity index (χ0n) is 8.75. The van der Waals surface area contributed by atoms with E-state index < -0.39 is 0 Å². The van der Waals surface area contributed by atoms with Crippen LogP contribution in [0.2, 0.25) is 0 Å². The molecule has 2 fully saturated rings. The lowest BCUT2D eigenvalue weighted by atomic mass is 9.67. The Morgan fingerprint density at radius 1 is 1.64 bits per heavy atom. The lowest BCUT2D eigenvalue weighted by Crippen LogP contribution is -2.62. The average Bonchev–Trinajstić information content (AvgIpc) is 2.39. The number of carbonyl (C=O) groups is 1. The molecule has 0 bridgehead atoms. The largest absolute Gasteiger partial charge is 0.338 e. The van der Waals surface area contributed by atoms with Crippen molar-refractivity contribution in [2.75, 3.05) is 19.6 Å². The van der Waals surface area contributed by atoms with Crippen LogP contribution in [0.15, 0.2) is 0 Å². The maximum atomic E-state index is 11.8. The van der Waals surface area contributed by atoms with Crippen molar-refractivity contribution in [3.63, 3.8) is 0 Å². The van der Waals surface area contributed by atoms with Gasteiger partial charge in [-0.3, -0.25) is 0 Å². The summed E-state index contributed by atoms with van der Waals surface area (Å²) in [5.74, 6) is 0.662. The van der Waals surface area contributed by atoms with Crippen molar-refractivity contribution in [1.29, 1.82) is 0 Å². The number of fused-ring (bicyclic) bond motifs is 1. The summed E-state index contributed by atoms with van der Waals surface area (Å²) in [5, 5.41) is 2.86. The highest BCUT2D eigenvalue weighted by molar-refractivity contribution is 5.75. The fourth-order valence-corrected chi connectivity index (χ4v) is 2.89. The number of hydrogen-bond donors (Lipinski definition) is 2. The molecule has 2 aliphatic rings. The summed E-state index contributed by atoms with van der Waals surface area (Å²) in [6.07, 6.45) is 3.47. The molecule has 1 heterocycles. The summed E-state index contributed by atoms with van der Waals surface area (Å²) in [5.41, 5.74) is 5.83. The van der Waals surface area contributed by atoms with Crippen LogP contribution in [0.5, 0.6) is 0 Å². The fraction of sp³-hybridized carbons (Fsp3) is 0.900. The highest BCUT2D eigenvalue weighted by Crippen LogP contribution is 2.49. The molecule has 14 heavy (non-hydrogen) atoms. The summed E-state index contributed by atoms with van der Waals surface area (Å²) >= 11 is 0. The Morgan fingerprint density at radius 3 is 2.93 bits per heavy atom. The second-order valence-corrected chi connectivity index (χ2v) is 4.32. The van der Waals surface area contributed by atoms with Gasteiger partial charge in [0.15, 0.2) is 0 Å². The second kappa shape index (κ2) is 3.42. The first-order valence-corrected chi connectivity index (χ1v) is 5.50. The van der Waals surface area contributed by atoms with E-state index in [0.29, 0.717) is 19.0 Å². The molecule has 0 radical (unpaired) electrons. The van der Waals surface area contributed by atoms with E-state index in [1.54, 1.807) is 0 Å². The topological polar surface area (TPSA) is 58.4 Å². The number of nitrogens with zero attached hydrogens (tertiary/aromatic N) is 1. The van der Waals surface area contributed by atoms with E-state index in [4.69, 9.17) is 5.73 Å². The first-order chi connectivity index (χ1) is 6.74. The van der Waals surface area contributed by atoms with Crippen molar-refractivity contribution in [3.8, 4) is 0 Å². The van der Waals surface area contributed by atoms with Crippen molar-refractivity contribution in [2.45, 2.75) is 31.7 Å². The third-order valence-electron chi connectivity index (χ3n) is 3.85. The van der Waals surface area contributed by atoms with E-state index in [0.717, 1.165) is 19.4 Å². The molecule has 0 aromatic heterocycles. The Labute approximate surface area is 84.8 Å². The molecule has 2 rings (SSSR count). The van der Waals surface area contributed by atoms with Crippen LogP contribution in [0.1, 0.15) is 26.2 Å². The predicted molar refractivity (Wildman–Crippen MR) is 54.9 cm³/mol. The Morgan fingerprint density at radius 2 is 2.43 bits per heavy atom. The number of amides is 2. The van der Waals surface area contributed by atoms with Gasteiger partial charge in [0.2, 0.25) is 0 Å². The zero-order chi connectivity index (χ0) is 10.2. The minimum absolute atomic E-state index is 0.0131. The maximum absolute atomic E-state index is 11.8. The normalized spacial score (nSPS) is 35.0. The summed E-state index contributed by atoms with van der Waals surface area (Å²) in [7, 11) is 0. The van der Waals surface area contributed by atoms with Gasteiger partial charge in [-0.05, 0) is 32.1 Å². The van der Waals surface area contributed by atoms with Crippen molar-refractivity contribution in [3.05, 3.63) is 0 Å². The van der Waals surface area contributed by atoms with Crippen LogP contribution in [-0.4, -0.2) is 36.1 Å². The van der Waals surface area contributed by atoms with Gasteiger partial charge in [0.1, 0.15) is 0 Å². The molecule has 1 saturated carbocycles. The molecular weight excluding hydrogens is 178 g/mol. The lowest BCUT2D eigenvalue weighted by Gasteiger charge is -2.49. The van der Waals surface area contributed by atoms with Gasteiger partial charge in [0.25, 0.3) is 0 Å². The zero-order valence-corrected chi connectivity index (χ0v) is 8.75. The van der Waals surface area contributed by atoms with Gasteiger partial charge in [-0.2, -0.15) is 0 Å².